The van der Waals surface area contributed by atoms with Crippen LogP contribution >= 0.6 is 0 Å². The van der Waals surface area contributed by atoms with E-state index in [0.29, 0.717) is 17.9 Å². The Morgan fingerprint density at radius 1 is 1.23 bits per heavy atom. The van der Waals surface area contributed by atoms with Crippen molar-refractivity contribution >= 4 is 17.4 Å². The summed E-state index contributed by atoms with van der Waals surface area (Å²) >= 11 is 0. The Balaban J connectivity index is 1.70. The van der Waals surface area contributed by atoms with Gasteiger partial charge < -0.3 is 5.32 Å². The van der Waals surface area contributed by atoms with Crippen LogP contribution < -0.4 is 5.32 Å². The number of nitrogens with one attached hydrogen (secondary N) is 1. The number of aromatic nitrogens is 2. The standard InChI is InChI=1S/C18H15FN4O3/c1-12-2-5-14(10-16(12)23(25)26)18(24)20-17-8-9-22(21-17)11-13-3-6-15(19)7-4-13/h2-10H,11H2,1H3,(H,20,21,24). The van der Waals surface area contributed by atoms with Gasteiger partial charge in [-0.1, -0.05) is 18.2 Å². The molecule has 0 saturated carbocycles. The first-order chi connectivity index (χ1) is 12.4. The van der Waals surface area contributed by atoms with Gasteiger partial charge in [0, 0.05) is 29.5 Å². The molecule has 3 aromatic rings. The molecule has 2 aromatic carbocycles. The van der Waals surface area contributed by atoms with Crippen LogP contribution in [0.4, 0.5) is 15.9 Å². The molecule has 0 unspecified atom stereocenters. The maximum atomic E-state index is 12.9. The zero-order valence-corrected chi connectivity index (χ0v) is 13.8. The average Bonchev–Trinajstić information content (AvgIpc) is 3.04. The van der Waals surface area contributed by atoms with Crippen molar-refractivity contribution < 1.29 is 14.1 Å². The van der Waals surface area contributed by atoms with E-state index in [-0.39, 0.29) is 17.1 Å². The van der Waals surface area contributed by atoms with E-state index in [1.54, 1.807) is 36.0 Å². The molecule has 1 N–H and O–H groups in total. The summed E-state index contributed by atoms with van der Waals surface area (Å²) < 4.78 is 14.5. The van der Waals surface area contributed by atoms with Crippen molar-refractivity contribution in [2.45, 2.75) is 13.5 Å². The molecular weight excluding hydrogens is 339 g/mol. The predicted molar refractivity (Wildman–Crippen MR) is 93.5 cm³/mol. The number of aryl methyl sites for hydroxylation is 1. The second-order valence-corrected chi connectivity index (χ2v) is 5.74. The Hall–Kier alpha value is -3.55. The van der Waals surface area contributed by atoms with Crippen LogP contribution in [0.15, 0.2) is 54.7 Å². The third kappa shape index (κ3) is 3.92. The van der Waals surface area contributed by atoms with Crippen LogP contribution in [0.1, 0.15) is 21.5 Å². The highest BCUT2D eigenvalue weighted by atomic mass is 19.1. The van der Waals surface area contributed by atoms with Gasteiger partial charge in [0.2, 0.25) is 0 Å². The smallest absolute Gasteiger partial charge is 0.273 e. The third-order valence-corrected chi connectivity index (χ3v) is 3.81. The molecule has 0 atom stereocenters. The molecule has 3 rings (SSSR count). The fourth-order valence-corrected chi connectivity index (χ4v) is 2.43. The summed E-state index contributed by atoms with van der Waals surface area (Å²) in [6.45, 7) is 2.03. The summed E-state index contributed by atoms with van der Waals surface area (Å²) in [6, 6.07) is 11.9. The minimum absolute atomic E-state index is 0.112. The third-order valence-electron chi connectivity index (χ3n) is 3.81. The van der Waals surface area contributed by atoms with Crippen molar-refractivity contribution in [3.8, 4) is 0 Å². The molecule has 0 fully saturated rings. The molecule has 1 heterocycles. The molecule has 1 amide bonds. The first-order valence-corrected chi connectivity index (χ1v) is 7.76. The van der Waals surface area contributed by atoms with Gasteiger partial charge >= 0.3 is 0 Å². The summed E-state index contributed by atoms with van der Waals surface area (Å²) in [5, 5.41) is 17.8. The first-order valence-electron chi connectivity index (χ1n) is 7.76. The number of nitro groups is 1. The summed E-state index contributed by atoms with van der Waals surface area (Å²) in [4.78, 5) is 22.7. The van der Waals surface area contributed by atoms with Gasteiger partial charge in [0.1, 0.15) is 5.82 Å². The van der Waals surface area contributed by atoms with Gasteiger partial charge in [-0.05, 0) is 30.7 Å². The Kier molecular flexibility index (Phi) is 4.74. The molecule has 7 nitrogen and oxygen atoms in total. The van der Waals surface area contributed by atoms with Gasteiger partial charge in [0.25, 0.3) is 11.6 Å². The Bertz CT molecular complexity index is 967. The number of rotatable bonds is 5. The van der Waals surface area contributed by atoms with Crippen LogP contribution in [0.5, 0.6) is 0 Å². The van der Waals surface area contributed by atoms with E-state index in [1.807, 2.05) is 0 Å². The molecule has 0 saturated heterocycles. The zero-order chi connectivity index (χ0) is 18.7. The van der Waals surface area contributed by atoms with Crippen molar-refractivity contribution in [1.29, 1.82) is 0 Å². The van der Waals surface area contributed by atoms with Crippen LogP contribution in [0.3, 0.4) is 0 Å². The van der Waals surface area contributed by atoms with Gasteiger partial charge in [0.15, 0.2) is 5.82 Å². The normalized spacial score (nSPS) is 10.5. The van der Waals surface area contributed by atoms with Crippen molar-refractivity contribution in [3.63, 3.8) is 0 Å². The van der Waals surface area contributed by atoms with Crippen LogP contribution in [0.2, 0.25) is 0 Å². The Labute approximate surface area is 148 Å². The largest absolute Gasteiger partial charge is 0.305 e. The van der Waals surface area contributed by atoms with E-state index in [0.717, 1.165) is 5.56 Å². The molecule has 0 bridgehead atoms. The topological polar surface area (TPSA) is 90.1 Å². The summed E-state index contributed by atoms with van der Waals surface area (Å²) in [5.74, 6) is -0.477. The molecule has 0 spiro atoms. The second-order valence-electron chi connectivity index (χ2n) is 5.74. The Morgan fingerprint density at radius 3 is 2.65 bits per heavy atom. The lowest BCUT2D eigenvalue weighted by Crippen LogP contribution is -2.13. The number of hydrogen-bond acceptors (Lipinski definition) is 4. The maximum absolute atomic E-state index is 12.9. The van der Waals surface area contributed by atoms with E-state index < -0.39 is 10.8 Å². The first kappa shape index (κ1) is 17.3. The molecule has 26 heavy (non-hydrogen) atoms. The molecule has 8 heteroatoms. The monoisotopic (exact) mass is 354 g/mol. The Morgan fingerprint density at radius 2 is 1.96 bits per heavy atom. The predicted octanol–water partition coefficient (Wildman–Crippen LogP) is 3.54. The van der Waals surface area contributed by atoms with Gasteiger partial charge in [-0.2, -0.15) is 5.10 Å². The maximum Gasteiger partial charge on any atom is 0.273 e. The molecule has 1 aromatic heterocycles. The van der Waals surface area contributed by atoms with Crippen molar-refractivity contribution in [2.75, 3.05) is 5.32 Å². The number of anilines is 1. The lowest BCUT2D eigenvalue weighted by Gasteiger charge is -2.04. The number of carbonyl (C=O) groups is 1. The summed E-state index contributed by atoms with van der Waals surface area (Å²) in [5.41, 5.74) is 1.41. The highest BCUT2D eigenvalue weighted by Crippen LogP contribution is 2.20. The van der Waals surface area contributed by atoms with Crippen molar-refractivity contribution in [2.24, 2.45) is 0 Å². The molecule has 132 valence electrons. The fraction of sp³-hybridized carbons (Fsp3) is 0.111. The van der Waals surface area contributed by atoms with E-state index in [1.165, 1.54) is 30.3 Å². The summed E-state index contributed by atoms with van der Waals surface area (Å²) in [6.07, 6.45) is 1.68. The van der Waals surface area contributed by atoms with Gasteiger partial charge in [-0.15, -0.1) is 0 Å². The van der Waals surface area contributed by atoms with E-state index in [2.05, 4.69) is 10.4 Å². The quantitative estimate of drug-likeness (QED) is 0.560. The number of nitro benzene ring substituents is 1. The van der Waals surface area contributed by atoms with Crippen LogP contribution in [-0.2, 0) is 6.54 Å². The highest BCUT2D eigenvalue weighted by Gasteiger charge is 2.15. The average molecular weight is 354 g/mol. The number of benzene rings is 2. The number of nitrogens with zero attached hydrogens (tertiary/aromatic N) is 3. The molecule has 0 radical (unpaired) electrons. The highest BCUT2D eigenvalue weighted by molar-refractivity contribution is 6.04. The van der Waals surface area contributed by atoms with Crippen LogP contribution in [0, 0.1) is 22.9 Å². The lowest BCUT2D eigenvalue weighted by atomic mass is 10.1. The molecule has 0 aliphatic rings. The van der Waals surface area contributed by atoms with E-state index in [9.17, 15) is 19.3 Å². The van der Waals surface area contributed by atoms with Gasteiger partial charge in [-0.3, -0.25) is 19.6 Å². The number of carbonyl (C=O) groups excluding carboxylic acids is 1. The SMILES string of the molecule is Cc1ccc(C(=O)Nc2ccn(Cc3ccc(F)cc3)n2)cc1[N+](=O)[O-]. The van der Waals surface area contributed by atoms with Gasteiger partial charge in [0.05, 0.1) is 11.5 Å². The lowest BCUT2D eigenvalue weighted by molar-refractivity contribution is -0.385. The summed E-state index contributed by atoms with van der Waals surface area (Å²) in [7, 11) is 0. The van der Waals surface area contributed by atoms with Crippen LogP contribution in [-0.4, -0.2) is 20.6 Å². The minimum Gasteiger partial charge on any atom is -0.305 e. The second kappa shape index (κ2) is 7.14. The van der Waals surface area contributed by atoms with Crippen molar-refractivity contribution in [3.05, 3.63) is 87.3 Å². The number of halogens is 1. The fourth-order valence-electron chi connectivity index (χ4n) is 2.43. The molecular formula is C18H15FN4O3. The van der Waals surface area contributed by atoms with Crippen LogP contribution in [0.25, 0.3) is 0 Å². The van der Waals surface area contributed by atoms with E-state index >= 15 is 0 Å². The molecule has 0 aliphatic heterocycles. The van der Waals surface area contributed by atoms with E-state index in [4.69, 9.17) is 0 Å². The molecule has 0 aliphatic carbocycles. The minimum atomic E-state index is -0.524. The number of hydrogen-bond donors (Lipinski definition) is 1. The van der Waals surface area contributed by atoms with Gasteiger partial charge in [-0.25, -0.2) is 4.39 Å². The zero-order valence-electron chi connectivity index (χ0n) is 13.8. The van der Waals surface area contributed by atoms with Crippen molar-refractivity contribution in [1.82, 2.24) is 9.78 Å². The number of amides is 1.